The van der Waals surface area contributed by atoms with E-state index in [-0.39, 0.29) is 6.04 Å². The van der Waals surface area contributed by atoms with Crippen molar-refractivity contribution in [3.05, 3.63) is 59.2 Å². The maximum Gasteiger partial charge on any atom is 0.241 e. The van der Waals surface area contributed by atoms with E-state index in [0.717, 1.165) is 22.4 Å². The molecule has 1 atom stereocenters. The van der Waals surface area contributed by atoms with Crippen molar-refractivity contribution in [3.63, 3.8) is 0 Å². The summed E-state index contributed by atoms with van der Waals surface area (Å²) < 4.78 is 33.0. The highest BCUT2D eigenvalue weighted by Gasteiger charge is 2.20. The van der Waals surface area contributed by atoms with Crippen LogP contribution in [-0.4, -0.2) is 15.5 Å². The summed E-state index contributed by atoms with van der Waals surface area (Å²) in [4.78, 5) is 0.327. The van der Waals surface area contributed by atoms with Gasteiger partial charge >= 0.3 is 0 Å². The lowest BCUT2D eigenvalue weighted by atomic mass is 10.1. The van der Waals surface area contributed by atoms with Gasteiger partial charge in [0, 0.05) is 6.04 Å². The summed E-state index contributed by atoms with van der Waals surface area (Å²) in [5, 5.41) is 0. The SMILES string of the molecule is COc1ccc([C@H](C)NS(=O)(=O)c2cc(C)ccc2C)cc1. The van der Waals surface area contributed by atoms with E-state index in [0.29, 0.717) is 4.90 Å². The van der Waals surface area contributed by atoms with Crippen molar-refractivity contribution in [2.45, 2.75) is 31.7 Å². The van der Waals surface area contributed by atoms with Crippen LogP contribution < -0.4 is 9.46 Å². The first kappa shape index (κ1) is 16.5. The second kappa shape index (κ2) is 6.50. The van der Waals surface area contributed by atoms with Crippen molar-refractivity contribution >= 4 is 10.0 Å². The van der Waals surface area contributed by atoms with E-state index in [1.54, 1.807) is 20.1 Å². The summed E-state index contributed by atoms with van der Waals surface area (Å²) >= 11 is 0. The average Bonchev–Trinajstić information content (AvgIpc) is 2.49. The number of hydrogen-bond acceptors (Lipinski definition) is 3. The molecule has 0 fully saturated rings. The smallest absolute Gasteiger partial charge is 0.241 e. The van der Waals surface area contributed by atoms with Crippen LogP contribution in [0.25, 0.3) is 0 Å². The number of aryl methyl sites for hydroxylation is 2. The molecule has 5 heteroatoms. The second-order valence-electron chi connectivity index (χ2n) is 5.39. The Labute approximate surface area is 132 Å². The van der Waals surface area contributed by atoms with E-state index in [1.165, 1.54) is 0 Å². The van der Waals surface area contributed by atoms with Crippen molar-refractivity contribution in [2.75, 3.05) is 7.11 Å². The number of nitrogens with one attached hydrogen (secondary N) is 1. The molecule has 0 aromatic heterocycles. The molecule has 0 amide bonds. The maximum atomic E-state index is 12.6. The molecule has 0 unspecified atom stereocenters. The van der Waals surface area contributed by atoms with Crippen molar-refractivity contribution in [3.8, 4) is 5.75 Å². The van der Waals surface area contributed by atoms with Gasteiger partial charge in [0.25, 0.3) is 0 Å². The van der Waals surface area contributed by atoms with Gasteiger partial charge in [-0.25, -0.2) is 13.1 Å². The van der Waals surface area contributed by atoms with E-state index in [9.17, 15) is 8.42 Å². The Bertz CT molecular complexity index is 752. The molecule has 0 bridgehead atoms. The first-order valence-corrected chi connectivity index (χ1v) is 8.55. The van der Waals surface area contributed by atoms with Gasteiger partial charge in [0.15, 0.2) is 0 Å². The topological polar surface area (TPSA) is 55.4 Å². The molecule has 2 aromatic rings. The number of hydrogen-bond donors (Lipinski definition) is 1. The minimum absolute atomic E-state index is 0.323. The van der Waals surface area contributed by atoms with Gasteiger partial charge in [-0.2, -0.15) is 0 Å². The molecule has 4 nitrogen and oxygen atoms in total. The largest absolute Gasteiger partial charge is 0.497 e. The highest BCUT2D eigenvalue weighted by Crippen LogP contribution is 2.22. The molecule has 0 aliphatic rings. The van der Waals surface area contributed by atoms with Gasteiger partial charge in [-0.15, -0.1) is 0 Å². The van der Waals surface area contributed by atoms with Crippen LogP contribution >= 0.6 is 0 Å². The summed E-state index contributed by atoms with van der Waals surface area (Å²) in [7, 11) is -1.96. The fourth-order valence-corrected chi connectivity index (χ4v) is 3.82. The van der Waals surface area contributed by atoms with E-state index in [1.807, 2.05) is 50.2 Å². The summed E-state index contributed by atoms with van der Waals surface area (Å²) in [6.07, 6.45) is 0. The van der Waals surface area contributed by atoms with E-state index in [4.69, 9.17) is 4.74 Å². The lowest BCUT2D eigenvalue weighted by Crippen LogP contribution is -2.27. The van der Waals surface area contributed by atoms with Gasteiger partial charge in [0.1, 0.15) is 5.75 Å². The molecular formula is C17H21NO3S. The predicted octanol–water partition coefficient (Wildman–Crippen LogP) is 3.35. The molecule has 0 radical (unpaired) electrons. The maximum absolute atomic E-state index is 12.6. The zero-order chi connectivity index (χ0) is 16.3. The van der Waals surface area contributed by atoms with Crippen LogP contribution in [0.4, 0.5) is 0 Å². The Balaban J connectivity index is 2.25. The van der Waals surface area contributed by atoms with Gasteiger partial charge in [0.05, 0.1) is 12.0 Å². The minimum Gasteiger partial charge on any atom is -0.497 e. The number of rotatable bonds is 5. The number of benzene rings is 2. The van der Waals surface area contributed by atoms with Crippen molar-refractivity contribution in [1.29, 1.82) is 0 Å². The molecule has 2 aromatic carbocycles. The first-order chi connectivity index (χ1) is 10.3. The van der Waals surface area contributed by atoms with Crippen molar-refractivity contribution < 1.29 is 13.2 Å². The standard InChI is InChI=1S/C17H21NO3S/c1-12-5-6-13(2)17(11-12)22(19,20)18-14(3)15-7-9-16(21-4)10-8-15/h5-11,14,18H,1-4H3/t14-/m0/s1. The third-order valence-electron chi connectivity index (χ3n) is 3.58. The Morgan fingerprint density at radius 1 is 1.05 bits per heavy atom. The van der Waals surface area contributed by atoms with Gasteiger partial charge < -0.3 is 4.74 Å². The molecule has 0 spiro atoms. The molecule has 0 aliphatic heterocycles. The molecule has 118 valence electrons. The fraction of sp³-hybridized carbons (Fsp3) is 0.294. The molecular weight excluding hydrogens is 298 g/mol. The third-order valence-corrected chi connectivity index (χ3v) is 5.26. The van der Waals surface area contributed by atoms with Crippen LogP contribution in [0.1, 0.15) is 29.7 Å². The summed E-state index contributed by atoms with van der Waals surface area (Å²) in [6.45, 7) is 5.50. The lowest BCUT2D eigenvalue weighted by molar-refractivity contribution is 0.414. The lowest BCUT2D eigenvalue weighted by Gasteiger charge is -2.16. The van der Waals surface area contributed by atoms with Crippen LogP contribution in [-0.2, 0) is 10.0 Å². The van der Waals surface area contributed by atoms with E-state index >= 15 is 0 Å². The quantitative estimate of drug-likeness (QED) is 0.919. The molecule has 2 rings (SSSR count). The summed E-state index contributed by atoms with van der Waals surface area (Å²) in [5.74, 6) is 0.744. The normalized spacial score (nSPS) is 12.9. The van der Waals surface area contributed by atoms with Gasteiger partial charge in [0.2, 0.25) is 10.0 Å². The molecule has 0 aliphatic carbocycles. The summed E-state index contributed by atoms with van der Waals surface area (Å²) in [5.41, 5.74) is 2.54. The van der Waals surface area contributed by atoms with E-state index < -0.39 is 10.0 Å². The van der Waals surface area contributed by atoms with Crippen LogP contribution in [0.15, 0.2) is 47.4 Å². The van der Waals surface area contributed by atoms with Crippen molar-refractivity contribution in [1.82, 2.24) is 4.72 Å². The number of ether oxygens (including phenoxy) is 1. The Morgan fingerprint density at radius 2 is 1.68 bits per heavy atom. The van der Waals surface area contributed by atoms with Crippen molar-refractivity contribution in [2.24, 2.45) is 0 Å². The molecule has 0 saturated carbocycles. The molecule has 1 N–H and O–H groups in total. The number of sulfonamides is 1. The zero-order valence-electron chi connectivity index (χ0n) is 13.3. The zero-order valence-corrected chi connectivity index (χ0v) is 14.1. The van der Waals surface area contributed by atoms with E-state index in [2.05, 4.69) is 4.72 Å². The van der Waals surface area contributed by atoms with Gasteiger partial charge in [-0.1, -0.05) is 24.3 Å². The summed E-state index contributed by atoms with van der Waals surface area (Å²) in [6, 6.07) is 12.4. The number of methoxy groups -OCH3 is 1. The van der Waals surface area contributed by atoms with Gasteiger partial charge in [-0.3, -0.25) is 0 Å². The average molecular weight is 319 g/mol. The molecule has 0 saturated heterocycles. The Hall–Kier alpha value is -1.85. The second-order valence-corrected chi connectivity index (χ2v) is 7.07. The third kappa shape index (κ3) is 3.67. The fourth-order valence-electron chi connectivity index (χ4n) is 2.25. The predicted molar refractivity (Wildman–Crippen MR) is 87.6 cm³/mol. The van der Waals surface area contributed by atoms with Crippen LogP contribution in [0.2, 0.25) is 0 Å². The highest BCUT2D eigenvalue weighted by molar-refractivity contribution is 7.89. The molecule has 0 heterocycles. The Kier molecular flexibility index (Phi) is 4.88. The Morgan fingerprint density at radius 3 is 2.27 bits per heavy atom. The first-order valence-electron chi connectivity index (χ1n) is 7.07. The highest BCUT2D eigenvalue weighted by atomic mass is 32.2. The van der Waals surface area contributed by atoms with Gasteiger partial charge in [-0.05, 0) is 55.7 Å². The monoisotopic (exact) mass is 319 g/mol. The van der Waals surface area contributed by atoms with Crippen LogP contribution in [0, 0.1) is 13.8 Å². The minimum atomic E-state index is -3.56. The van der Waals surface area contributed by atoms with Crippen LogP contribution in [0.5, 0.6) is 5.75 Å². The molecule has 22 heavy (non-hydrogen) atoms. The van der Waals surface area contributed by atoms with Crippen LogP contribution in [0.3, 0.4) is 0 Å².